The molecule has 1 unspecified atom stereocenters. The monoisotopic (exact) mass is 451 g/mol. The van der Waals surface area contributed by atoms with E-state index in [-0.39, 0.29) is 29.1 Å². The van der Waals surface area contributed by atoms with Gasteiger partial charge in [0.2, 0.25) is 10.0 Å². The van der Waals surface area contributed by atoms with Crippen molar-refractivity contribution in [2.75, 3.05) is 13.1 Å². The summed E-state index contributed by atoms with van der Waals surface area (Å²) >= 11 is 0. The van der Waals surface area contributed by atoms with Crippen LogP contribution in [0.15, 0.2) is 70.8 Å². The fraction of sp³-hybridized carbons (Fsp3) is 0.423. The second-order valence-corrected chi connectivity index (χ2v) is 12.1. The molecule has 5 nitrogen and oxygen atoms in total. The SMILES string of the molecule is Cc1ccc(S(=O)(=O)N2C[C@@H]3C4=C(CC(C)(C)CC4=O)OC(c4ccccc4)[C@H]3C2)cc1. The van der Waals surface area contributed by atoms with Gasteiger partial charge in [-0.2, -0.15) is 4.31 Å². The van der Waals surface area contributed by atoms with E-state index in [1.807, 2.05) is 49.4 Å². The van der Waals surface area contributed by atoms with Crippen molar-refractivity contribution in [1.82, 2.24) is 4.31 Å². The van der Waals surface area contributed by atoms with Crippen LogP contribution in [0.4, 0.5) is 0 Å². The van der Waals surface area contributed by atoms with E-state index in [9.17, 15) is 13.2 Å². The van der Waals surface area contributed by atoms with E-state index in [1.165, 1.54) is 0 Å². The molecular weight excluding hydrogens is 422 g/mol. The molecule has 2 aliphatic heterocycles. The second kappa shape index (κ2) is 7.56. The summed E-state index contributed by atoms with van der Waals surface area (Å²) in [5, 5.41) is 0. The molecular formula is C26H29NO4S. The Bertz CT molecular complexity index is 1180. The summed E-state index contributed by atoms with van der Waals surface area (Å²) in [6.45, 7) is 6.77. The Morgan fingerprint density at radius 2 is 1.66 bits per heavy atom. The first-order valence-electron chi connectivity index (χ1n) is 11.2. The van der Waals surface area contributed by atoms with Crippen LogP contribution in [0.2, 0.25) is 0 Å². The van der Waals surface area contributed by atoms with Gasteiger partial charge in [0.1, 0.15) is 11.9 Å². The highest BCUT2D eigenvalue weighted by Crippen LogP contribution is 2.52. The Labute approximate surface area is 190 Å². The van der Waals surface area contributed by atoms with Crippen molar-refractivity contribution in [2.45, 2.75) is 44.6 Å². The van der Waals surface area contributed by atoms with Gasteiger partial charge in [-0.05, 0) is 30.0 Å². The second-order valence-electron chi connectivity index (χ2n) is 10.1. The van der Waals surface area contributed by atoms with Gasteiger partial charge in [-0.25, -0.2) is 8.42 Å². The van der Waals surface area contributed by atoms with Crippen molar-refractivity contribution >= 4 is 15.8 Å². The van der Waals surface area contributed by atoms with Gasteiger partial charge in [-0.1, -0.05) is 61.9 Å². The lowest BCUT2D eigenvalue weighted by Crippen LogP contribution is -2.38. The van der Waals surface area contributed by atoms with E-state index in [0.717, 1.165) is 22.5 Å². The highest BCUT2D eigenvalue weighted by atomic mass is 32.2. The lowest BCUT2D eigenvalue weighted by Gasteiger charge is -2.42. The molecule has 32 heavy (non-hydrogen) atoms. The number of fused-ring (bicyclic) bond motifs is 2. The van der Waals surface area contributed by atoms with Crippen LogP contribution in [0.5, 0.6) is 0 Å². The molecule has 0 aromatic heterocycles. The minimum absolute atomic E-state index is 0.0958. The Hall–Kier alpha value is -2.44. The van der Waals surface area contributed by atoms with Crippen LogP contribution in [-0.2, 0) is 19.6 Å². The lowest BCUT2D eigenvalue weighted by atomic mass is 9.69. The summed E-state index contributed by atoms with van der Waals surface area (Å²) in [7, 11) is -3.65. The molecule has 6 heteroatoms. The summed E-state index contributed by atoms with van der Waals surface area (Å²) in [5.41, 5.74) is 2.61. The Morgan fingerprint density at radius 1 is 0.969 bits per heavy atom. The molecule has 0 N–H and O–H groups in total. The molecule has 3 aliphatic rings. The normalized spacial score (nSPS) is 27.6. The number of rotatable bonds is 3. The molecule has 2 heterocycles. The van der Waals surface area contributed by atoms with E-state index in [0.29, 0.717) is 30.8 Å². The van der Waals surface area contributed by atoms with Gasteiger partial charge >= 0.3 is 0 Å². The average Bonchev–Trinajstić information content (AvgIpc) is 3.19. The number of allylic oxidation sites excluding steroid dienone is 1. The van der Waals surface area contributed by atoms with Gasteiger partial charge in [0.25, 0.3) is 0 Å². The van der Waals surface area contributed by atoms with Crippen molar-refractivity contribution in [3.8, 4) is 0 Å². The number of carbonyl (C=O) groups excluding carboxylic acids is 1. The number of benzene rings is 2. The number of carbonyl (C=O) groups is 1. The number of Topliss-reactive ketones (excluding diaryl/α,β-unsaturated/α-hetero) is 1. The molecule has 0 spiro atoms. The molecule has 1 aliphatic carbocycles. The van der Waals surface area contributed by atoms with Gasteiger partial charge in [0, 0.05) is 43.3 Å². The van der Waals surface area contributed by atoms with E-state index < -0.39 is 10.0 Å². The van der Waals surface area contributed by atoms with Crippen LogP contribution in [0.25, 0.3) is 0 Å². The Kier molecular flexibility index (Phi) is 5.06. The highest BCUT2D eigenvalue weighted by molar-refractivity contribution is 7.89. The zero-order valence-electron chi connectivity index (χ0n) is 18.7. The van der Waals surface area contributed by atoms with Crippen LogP contribution in [-0.4, -0.2) is 31.6 Å². The van der Waals surface area contributed by atoms with Crippen molar-refractivity contribution in [3.63, 3.8) is 0 Å². The lowest BCUT2D eigenvalue weighted by molar-refractivity contribution is -0.121. The first-order chi connectivity index (χ1) is 15.2. The van der Waals surface area contributed by atoms with E-state index >= 15 is 0 Å². The minimum Gasteiger partial charge on any atom is -0.489 e. The quantitative estimate of drug-likeness (QED) is 0.682. The van der Waals surface area contributed by atoms with E-state index in [2.05, 4.69) is 13.8 Å². The van der Waals surface area contributed by atoms with Crippen LogP contribution in [0, 0.1) is 24.2 Å². The summed E-state index contributed by atoms with van der Waals surface area (Å²) in [4.78, 5) is 13.5. The number of sulfonamides is 1. The molecule has 0 bridgehead atoms. The number of hydrogen-bond donors (Lipinski definition) is 0. The zero-order chi connectivity index (χ0) is 22.7. The topological polar surface area (TPSA) is 63.7 Å². The molecule has 1 fully saturated rings. The third-order valence-corrected chi connectivity index (χ3v) is 8.87. The van der Waals surface area contributed by atoms with E-state index in [4.69, 9.17) is 4.74 Å². The average molecular weight is 452 g/mol. The fourth-order valence-corrected chi connectivity index (χ4v) is 6.96. The van der Waals surface area contributed by atoms with Crippen LogP contribution in [0.3, 0.4) is 0 Å². The molecule has 1 saturated heterocycles. The predicted octanol–water partition coefficient (Wildman–Crippen LogP) is 4.65. The van der Waals surface area contributed by atoms with Crippen molar-refractivity contribution in [1.29, 1.82) is 0 Å². The van der Waals surface area contributed by atoms with Crippen LogP contribution in [0.1, 0.15) is 43.9 Å². The van der Waals surface area contributed by atoms with Crippen LogP contribution >= 0.6 is 0 Å². The highest BCUT2D eigenvalue weighted by Gasteiger charge is 2.52. The van der Waals surface area contributed by atoms with Crippen LogP contribution < -0.4 is 0 Å². The molecule has 0 saturated carbocycles. The smallest absolute Gasteiger partial charge is 0.243 e. The number of aryl methyl sites for hydroxylation is 1. The minimum atomic E-state index is -3.65. The summed E-state index contributed by atoms with van der Waals surface area (Å²) in [5.74, 6) is 0.623. The van der Waals surface area contributed by atoms with Gasteiger partial charge in [-0.15, -0.1) is 0 Å². The largest absolute Gasteiger partial charge is 0.489 e. The van der Waals surface area contributed by atoms with E-state index in [1.54, 1.807) is 16.4 Å². The first-order valence-corrected chi connectivity index (χ1v) is 12.6. The maximum atomic E-state index is 13.5. The van der Waals surface area contributed by atoms with Gasteiger partial charge in [0.05, 0.1) is 4.90 Å². The van der Waals surface area contributed by atoms with Crippen molar-refractivity contribution < 1.29 is 17.9 Å². The summed E-state index contributed by atoms with van der Waals surface area (Å²) in [6, 6.07) is 16.9. The third-order valence-electron chi connectivity index (χ3n) is 7.03. The maximum absolute atomic E-state index is 13.5. The Morgan fingerprint density at radius 3 is 2.34 bits per heavy atom. The molecule has 2 aromatic rings. The molecule has 0 radical (unpaired) electrons. The molecule has 5 rings (SSSR count). The summed E-state index contributed by atoms with van der Waals surface area (Å²) in [6.07, 6.45) is 0.907. The molecule has 2 aromatic carbocycles. The number of hydrogen-bond acceptors (Lipinski definition) is 4. The third kappa shape index (κ3) is 3.59. The zero-order valence-corrected chi connectivity index (χ0v) is 19.6. The van der Waals surface area contributed by atoms with Gasteiger partial charge in [-0.3, -0.25) is 4.79 Å². The molecule has 168 valence electrons. The number of ether oxygens (including phenoxy) is 1. The molecule has 0 amide bonds. The molecule has 3 atom stereocenters. The van der Waals surface area contributed by atoms with Crippen molar-refractivity contribution in [3.05, 3.63) is 77.1 Å². The fourth-order valence-electron chi connectivity index (χ4n) is 5.45. The standard InChI is InChI=1S/C26H29NO4S/c1-17-9-11-19(12-10-17)32(29,30)27-15-20-21(16-27)25(18-7-5-4-6-8-18)31-23-14-26(2,3)13-22(28)24(20)23/h4-12,20-21,25H,13-16H2,1-3H3/t20-,21-,25?/m0/s1. The maximum Gasteiger partial charge on any atom is 0.243 e. The predicted molar refractivity (Wildman–Crippen MR) is 122 cm³/mol. The number of nitrogens with zero attached hydrogens (tertiary/aromatic N) is 1. The summed E-state index contributed by atoms with van der Waals surface area (Å²) < 4.78 is 35.0. The van der Waals surface area contributed by atoms with Gasteiger partial charge in [0.15, 0.2) is 5.78 Å². The van der Waals surface area contributed by atoms with Crippen molar-refractivity contribution in [2.24, 2.45) is 17.3 Å². The van der Waals surface area contributed by atoms with Gasteiger partial charge < -0.3 is 4.74 Å². The Balaban J connectivity index is 1.56. The number of ketones is 1. The first kappa shape index (κ1) is 21.4.